The highest BCUT2D eigenvalue weighted by Gasteiger charge is 2.75. The molecular weight excluding hydrogens is 539 g/mol. The molecule has 0 radical (unpaired) electrons. The molecular formula is C27H21Cl3N2O5. The molecule has 2 aliphatic heterocycles. The number of hydrogen-bond acceptors (Lipinski definition) is 5. The summed E-state index contributed by atoms with van der Waals surface area (Å²) in [6.07, 6.45) is 2.04. The molecule has 1 saturated carbocycles. The van der Waals surface area contributed by atoms with E-state index in [1.807, 2.05) is 6.08 Å². The SMILES string of the molecule is CN1C(=O)C2(Cl)CC3C(=CCC4C(=O)N(c5ccc(Cl)cc5)C(=O)C43)C(c3cccc(O)c3)C2(Cl)C1=O. The first-order chi connectivity index (χ1) is 17.5. The van der Waals surface area contributed by atoms with E-state index in [1.54, 1.807) is 36.4 Å². The molecule has 0 spiro atoms. The minimum absolute atomic E-state index is 0.0412. The van der Waals surface area contributed by atoms with Gasteiger partial charge >= 0.3 is 0 Å². The number of phenolic OH excluding ortho intramolecular Hbond substituents is 1. The lowest BCUT2D eigenvalue weighted by Gasteiger charge is -2.50. The smallest absolute Gasteiger partial charge is 0.253 e. The molecule has 0 bridgehead atoms. The van der Waals surface area contributed by atoms with E-state index in [1.165, 1.54) is 24.1 Å². The number of amides is 4. The van der Waals surface area contributed by atoms with Gasteiger partial charge in [-0.15, -0.1) is 23.2 Å². The van der Waals surface area contributed by atoms with Crippen LogP contribution in [0.1, 0.15) is 24.3 Å². The molecule has 4 amide bonds. The minimum Gasteiger partial charge on any atom is -0.508 e. The van der Waals surface area contributed by atoms with Gasteiger partial charge in [0.2, 0.25) is 11.8 Å². The van der Waals surface area contributed by atoms with Crippen LogP contribution in [-0.2, 0) is 19.2 Å². The van der Waals surface area contributed by atoms with Crippen LogP contribution >= 0.6 is 34.8 Å². The minimum atomic E-state index is -1.87. The third-order valence-electron chi connectivity index (χ3n) is 8.30. The first-order valence-corrected chi connectivity index (χ1v) is 13.0. The topological polar surface area (TPSA) is 95.0 Å². The molecule has 0 aromatic heterocycles. The van der Waals surface area contributed by atoms with Gasteiger partial charge in [0.15, 0.2) is 9.75 Å². The van der Waals surface area contributed by atoms with E-state index in [9.17, 15) is 24.3 Å². The molecule has 6 unspecified atom stereocenters. The Morgan fingerprint density at radius 1 is 0.946 bits per heavy atom. The van der Waals surface area contributed by atoms with Gasteiger partial charge in [-0.3, -0.25) is 29.0 Å². The van der Waals surface area contributed by atoms with Gasteiger partial charge in [-0.1, -0.05) is 35.4 Å². The number of hydrogen-bond donors (Lipinski definition) is 1. The van der Waals surface area contributed by atoms with Crippen molar-refractivity contribution in [3.05, 3.63) is 70.8 Å². The maximum absolute atomic E-state index is 13.8. The average Bonchev–Trinajstić information content (AvgIpc) is 3.19. The van der Waals surface area contributed by atoms with Crippen LogP contribution in [0.5, 0.6) is 5.75 Å². The number of anilines is 1. The molecule has 2 aromatic rings. The first kappa shape index (κ1) is 24.5. The second kappa shape index (κ2) is 8.06. The predicted molar refractivity (Wildman–Crippen MR) is 138 cm³/mol. The van der Waals surface area contributed by atoms with Gasteiger partial charge in [0.05, 0.1) is 17.5 Å². The standard InChI is InChI=1S/C27H21Cl3N2O5/c1-31-24(36)26(29)12-19-17(21(27(26,30)25(31)37)13-3-2-4-16(33)11-13)9-10-18-20(19)23(35)32(22(18)34)15-7-5-14(28)6-8-15/h2-9,11,18-21,33H,10,12H2,1H3. The Hall–Kier alpha value is -2.87. The van der Waals surface area contributed by atoms with Crippen molar-refractivity contribution in [3.8, 4) is 5.75 Å². The van der Waals surface area contributed by atoms with Crippen molar-refractivity contribution >= 4 is 64.1 Å². The molecule has 190 valence electrons. The molecule has 2 heterocycles. The number of allylic oxidation sites excluding steroid dienone is 2. The summed E-state index contributed by atoms with van der Waals surface area (Å²) in [5.74, 6) is -5.00. The number of likely N-dealkylation sites (tertiary alicyclic amines) is 1. The number of imide groups is 2. The summed E-state index contributed by atoms with van der Waals surface area (Å²) in [4.78, 5) is 52.6. The van der Waals surface area contributed by atoms with Crippen LogP contribution in [0.3, 0.4) is 0 Å². The number of phenols is 1. The molecule has 6 atom stereocenters. The number of rotatable bonds is 2. The van der Waals surface area contributed by atoms with Crippen LogP contribution in [0.4, 0.5) is 5.69 Å². The Labute approximate surface area is 227 Å². The van der Waals surface area contributed by atoms with Crippen LogP contribution in [0.25, 0.3) is 0 Å². The van der Waals surface area contributed by atoms with Gasteiger partial charge in [0.1, 0.15) is 5.75 Å². The summed E-state index contributed by atoms with van der Waals surface area (Å²) in [5.41, 5.74) is 1.58. The summed E-state index contributed by atoms with van der Waals surface area (Å²) >= 11 is 20.2. The van der Waals surface area contributed by atoms with E-state index in [0.717, 1.165) is 4.90 Å². The predicted octanol–water partition coefficient (Wildman–Crippen LogP) is 4.24. The summed E-state index contributed by atoms with van der Waals surface area (Å²) in [6, 6.07) is 12.7. The normalized spacial score (nSPS) is 34.9. The second-order valence-electron chi connectivity index (χ2n) is 10.1. The molecule has 2 aliphatic carbocycles. The molecule has 37 heavy (non-hydrogen) atoms. The van der Waals surface area contributed by atoms with Crippen LogP contribution in [0, 0.1) is 17.8 Å². The number of carbonyl (C=O) groups excluding carboxylic acids is 4. The number of fused-ring (bicyclic) bond motifs is 4. The number of halogens is 3. The highest BCUT2D eigenvalue weighted by molar-refractivity contribution is 6.53. The van der Waals surface area contributed by atoms with Crippen molar-refractivity contribution in [1.82, 2.24) is 4.90 Å². The third kappa shape index (κ3) is 3.08. The van der Waals surface area contributed by atoms with E-state index in [4.69, 9.17) is 34.8 Å². The van der Waals surface area contributed by atoms with E-state index in [0.29, 0.717) is 21.8 Å². The van der Waals surface area contributed by atoms with Crippen molar-refractivity contribution in [2.75, 3.05) is 11.9 Å². The average molecular weight is 560 g/mol. The van der Waals surface area contributed by atoms with Crippen molar-refractivity contribution in [2.24, 2.45) is 17.8 Å². The zero-order chi connectivity index (χ0) is 26.4. The molecule has 10 heteroatoms. The summed E-state index contributed by atoms with van der Waals surface area (Å²) in [5, 5.41) is 10.7. The Bertz CT molecular complexity index is 1430. The fourth-order valence-electron chi connectivity index (χ4n) is 6.67. The summed E-state index contributed by atoms with van der Waals surface area (Å²) < 4.78 is 0. The molecule has 1 N–H and O–H groups in total. The van der Waals surface area contributed by atoms with Crippen LogP contribution < -0.4 is 4.90 Å². The van der Waals surface area contributed by atoms with Crippen LogP contribution in [0.15, 0.2) is 60.2 Å². The quantitative estimate of drug-likeness (QED) is 0.337. The third-order valence-corrected chi connectivity index (χ3v) is 9.97. The van der Waals surface area contributed by atoms with Gasteiger partial charge in [-0.05, 0) is 60.7 Å². The van der Waals surface area contributed by atoms with Gasteiger partial charge in [-0.25, -0.2) is 0 Å². The Kier molecular flexibility index (Phi) is 5.33. The number of nitrogens with zero attached hydrogens (tertiary/aromatic N) is 2. The lowest BCUT2D eigenvalue weighted by Crippen LogP contribution is -2.60. The fraction of sp³-hybridized carbons (Fsp3) is 0.333. The van der Waals surface area contributed by atoms with E-state index in [-0.39, 0.29) is 24.5 Å². The van der Waals surface area contributed by atoms with Crippen molar-refractivity contribution in [3.63, 3.8) is 0 Å². The number of benzene rings is 2. The maximum Gasteiger partial charge on any atom is 0.253 e. The first-order valence-electron chi connectivity index (χ1n) is 11.8. The Morgan fingerprint density at radius 3 is 2.32 bits per heavy atom. The van der Waals surface area contributed by atoms with Crippen LogP contribution in [-0.4, -0.2) is 50.4 Å². The highest BCUT2D eigenvalue weighted by atomic mass is 35.5. The zero-order valence-corrected chi connectivity index (χ0v) is 21.8. The van der Waals surface area contributed by atoms with Crippen molar-refractivity contribution < 1.29 is 24.3 Å². The lowest BCUT2D eigenvalue weighted by atomic mass is 9.56. The molecule has 2 saturated heterocycles. The number of alkyl halides is 2. The molecule has 6 rings (SSSR count). The lowest BCUT2D eigenvalue weighted by molar-refractivity contribution is -0.138. The summed E-state index contributed by atoms with van der Waals surface area (Å²) in [6.45, 7) is 0. The second-order valence-corrected chi connectivity index (χ2v) is 11.8. The maximum atomic E-state index is 13.8. The zero-order valence-electron chi connectivity index (χ0n) is 19.5. The fourth-order valence-corrected chi connectivity index (χ4v) is 7.81. The largest absolute Gasteiger partial charge is 0.508 e. The number of aromatic hydroxyl groups is 1. The van der Waals surface area contributed by atoms with Gasteiger partial charge in [0, 0.05) is 18.0 Å². The molecule has 2 aromatic carbocycles. The molecule has 4 aliphatic rings. The van der Waals surface area contributed by atoms with E-state index < -0.39 is 51.1 Å². The monoisotopic (exact) mass is 558 g/mol. The highest BCUT2D eigenvalue weighted by Crippen LogP contribution is 2.65. The van der Waals surface area contributed by atoms with E-state index >= 15 is 0 Å². The van der Waals surface area contributed by atoms with E-state index in [2.05, 4.69) is 0 Å². The van der Waals surface area contributed by atoms with Crippen molar-refractivity contribution in [1.29, 1.82) is 0 Å². The number of carbonyl (C=O) groups is 4. The Morgan fingerprint density at radius 2 is 1.65 bits per heavy atom. The van der Waals surface area contributed by atoms with Gasteiger partial charge in [-0.2, -0.15) is 0 Å². The molecule has 3 fully saturated rings. The molecule has 7 nitrogen and oxygen atoms in total. The van der Waals surface area contributed by atoms with Gasteiger partial charge < -0.3 is 5.11 Å². The Balaban J connectivity index is 1.51. The van der Waals surface area contributed by atoms with Gasteiger partial charge in [0.25, 0.3) is 11.8 Å². The van der Waals surface area contributed by atoms with Crippen molar-refractivity contribution in [2.45, 2.75) is 28.5 Å². The summed E-state index contributed by atoms with van der Waals surface area (Å²) in [7, 11) is 1.34. The van der Waals surface area contributed by atoms with Crippen LogP contribution in [0.2, 0.25) is 5.02 Å².